The van der Waals surface area contributed by atoms with Gasteiger partial charge in [0.25, 0.3) is 0 Å². The highest BCUT2D eigenvalue weighted by Gasteiger charge is 2.35. The van der Waals surface area contributed by atoms with E-state index in [1.165, 1.54) is 45.9 Å². The van der Waals surface area contributed by atoms with Gasteiger partial charge in [0.15, 0.2) is 0 Å². The van der Waals surface area contributed by atoms with Crippen LogP contribution in [0.1, 0.15) is 79.3 Å². The van der Waals surface area contributed by atoms with Crippen LogP contribution in [0.15, 0.2) is 17.5 Å². The summed E-state index contributed by atoms with van der Waals surface area (Å²) < 4.78 is 0. The standard InChI is InChI=1S/C24H30N2OS2/c1-23(2,3)13-9-10-15-14(12-13)18(24(4,5)6)17-19(25)21(29-22(17)26-15)20(27)16-8-7-11-28-16/h7-8,11,13H,9-10,12,25H2,1-6H3/t13-/m1/s1. The van der Waals surface area contributed by atoms with Crippen molar-refractivity contribution in [2.24, 2.45) is 11.3 Å². The molecule has 154 valence electrons. The van der Waals surface area contributed by atoms with Crippen LogP contribution in [0.4, 0.5) is 5.69 Å². The van der Waals surface area contributed by atoms with Crippen LogP contribution in [-0.4, -0.2) is 10.8 Å². The first kappa shape index (κ1) is 20.5. The predicted molar refractivity (Wildman–Crippen MR) is 125 cm³/mol. The van der Waals surface area contributed by atoms with Crippen molar-refractivity contribution in [2.45, 2.75) is 66.2 Å². The van der Waals surface area contributed by atoms with Crippen molar-refractivity contribution >= 4 is 44.4 Å². The molecule has 29 heavy (non-hydrogen) atoms. The molecule has 3 heterocycles. The lowest BCUT2D eigenvalue weighted by Crippen LogP contribution is -2.30. The molecular weight excluding hydrogens is 396 g/mol. The number of thiophene rings is 2. The third kappa shape index (κ3) is 3.53. The van der Waals surface area contributed by atoms with E-state index in [0.717, 1.165) is 27.9 Å². The number of nitrogens with zero attached hydrogens (tertiary/aromatic N) is 1. The van der Waals surface area contributed by atoms with Crippen molar-refractivity contribution in [1.29, 1.82) is 0 Å². The number of nitrogens with two attached hydrogens (primary N) is 1. The highest BCUT2D eigenvalue weighted by molar-refractivity contribution is 7.22. The van der Waals surface area contributed by atoms with Crippen LogP contribution in [0, 0.1) is 11.3 Å². The molecule has 3 aromatic heterocycles. The summed E-state index contributed by atoms with van der Waals surface area (Å²) in [5, 5.41) is 2.94. The Balaban J connectivity index is 1.96. The van der Waals surface area contributed by atoms with Crippen molar-refractivity contribution in [2.75, 3.05) is 5.73 Å². The number of ketones is 1. The Morgan fingerprint density at radius 1 is 1.21 bits per heavy atom. The SMILES string of the molecule is CC(C)(C)c1c2c(nc3sc(C(=O)c4cccs4)c(N)c13)CC[C@@H](C(C)(C)C)C2. The summed E-state index contributed by atoms with van der Waals surface area (Å²) in [5.41, 5.74) is 11.3. The minimum absolute atomic E-state index is 0.0194. The normalized spacial score (nSPS) is 17.5. The Labute approximate surface area is 181 Å². The lowest BCUT2D eigenvalue weighted by Gasteiger charge is -2.37. The van der Waals surface area contributed by atoms with E-state index in [4.69, 9.17) is 10.7 Å². The molecule has 0 unspecified atom stereocenters. The van der Waals surface area contributed by atoms with Gasteiger partial charge >= 0.3 is 0 Å². The van der Waals surface area contributed by atoms with E-state index in [1.807, 2.05) is 17.5 Å². The molecule has 0 aliphatic heterocycles. The quantitative estimate of drug-likeness (QED) is 0.468. The van der Waals surface area contributed by atoms with Gasteiger partial charge in [0.2, 0.25) is 5.78 Å². The van der Waals surface area contributed by atoms with Crippen molar-refractivity contribution in [3.8, 4) is 0 Å². The highest BCUT2D eigenvalue weighted by atomic mass is 32.1. The summed E-state index contributed by atoms with van der Waals surface area (Å²) in [6.07, 6.45) is 3.21. The minimum Gasteiger partial charge on any atom is -0.397 e. The Hall–Kier alpha value is -1.72. The van der Waals surface area contributed by atoms with Crippen molar-refractivity contribution < 1.29 is 4.79 Å². The number of nitrogen functional groups attached to an aromatic ring is 1. The van der Waals surface area contributed by atoms with Crippen LogP contribution in [0.25, 0.3) is 10.2 Å². The summed E-state index contributed by atoms with van der Waals surface area (Å²) in [7, 11) is 0. The van der Waals surface area contributed by atoms with Gasteiger partial charge < -0.3 is 5.73 Å². The number of pyridine rings is 1. The van der Waals surface area contributed by atoms with Crippen LogP contribution in [0.3, 0.4) is 0 Å². The number of anilines is 1. The van der Waals surface area contributed by atoms with E-state index in [2.05, 4.69) is 41.5 Å². The fourth-order valence-corrected chi connectivity index (χ4v) is 6.39. The number of carbonyl (C=O) groups is 1. The molecule has 1 aliphatic carbocycles. The summed E-state index contributed by atoms with van der Waals surface area (Å²) >= 11 is 2.92. The average Bonchev–Trinajstić information content (AvgIpc) is 3.26. The summed E-state index contributed by atoms with van der Waals surface area (Å²) in [6.45, 7) is 13.8. The van der Waals surface area contributed by atoms with Gasteiger partial charge in [-0.3, -0.25) is 4.79 Å². The van der Waals surface area contributed by atoms with Crippen molar-refractivity contribution in [3.63, 3.8) is 0 Å². The molecular formula is C24H30N2OS2. The molecule has 1 aliphatic rings. The zero-order valence-corrected chi connectivity index (χ0v) is 19.8. The Morgan fingerprint density at radius 2 is 1.93 bits per heavy atom. The molecule has 2 N–H and O–H groups in total. The number of aromatic nitrogens is 1. The molecule has 1 atom stereocenters. The molecule has 0 fully saturated rings. The maximum absolute atomic E-state index is 13.1. The molecule has 0 spiro atoms. The average molecular weight is 427 g/mol. The van der Waals surface area contributed by atoms with E-state index in [-0.39, 0.29) is 16.6 Å². The predicted octanol–water partition coefficient (Wildman–Crippen LogP) is 6.62. The van der Waals surface area contributed by atoms with E-state index in [1.54, 1.807) is 0 Å². The molecule has 4 rings (SSSR count). The number of fused-ring (bicyclic) bond motifs is 2. The third-order valence-corrected chi connectivity index (χ3v) is 8.14. The Morgan fingerprint density at radius 3 is 2.52 bits per heavy atom. The zero-order chi connectivity index (χ0) is 21.1. The number of rotatable bonds is 2. The highest BCUT2D eigenvalue weighted by Crippen LogP contribution is 2.47. The van der Waals surface area contributed by atoms with Gasteiger partial charge in [-0.1, -0.05) is 47.6 Å². The van der Waals surface area contributed by atoms with Crippen molar-refractivity contribution in [1.82, 2.24) is 4.98 Å². The molecule has 0 radical (unpaired) electrons. The van der Waals surface area contributed by atoms with Crippen LogP contribution >= 0.6 is 22.7 Å². The summed E-state index contributed by atoms with van der Waals surface area (Å²) in [6, 6.07) is 3.78. The smallest absolute Gasteiger partial charge is 0.215 e. The minimum atomic E-state index is -0.0660. The van der Waals surface area contributed by atoms with Gasteiger partial charge in [0.1, 0.15) is 9.71 Å². The molecule has 0 aromatic carbocycles. The number of carbonyl (C=O) groups excluding carboxylic acids is 1. The Bertz CT molecular complexity index is 1080. The number of hydrogen-bond donors (Lipinski definition) is 1. The zero-order valence-electron chi connectivity index (χ0n) is 18.2. The largest absolute Gasteiger partial charge is 0.397 e. The lowest BCUT2D eigenvalue weighted by molar-refractivity contribution is 0.104. The van der Waals surface area contributed by atoms with Crippen LogP contribution in [0.5, 0.6) is 0 Å². The molecule has 3 aromatic rings. The maximum Gasteiger partial charge on any atom is 0.215 e. The summed E-state index contributed by atoms with van der Waals surface area (Å²) in [5.74, 6) is 0.647. The topological polar surface area (TPSA) is 56.0 Å². The monoisotopic (exact) mass is 426 g/mol. The second-order valence-corrected chi connectivity index (χ2v) is 12.2. The van der Waals surface area contributed by atoms with Gasteiger partial charge in [0, 0.05) is 11.1 Å². The second kappa shape index (κ2) is 6.92. The van der Waals surface area contributed by atoms with E-state index in [9.17, 15) is 4.79 Å². The van der Waals surface area contributed by atoms with Gasteiger partial charge in [-0.2, -0.15) is 0 Å². The van der Waals surface area contributed by atoms with Gasteiger partial charge in [-0.05, 0) is 58.6 Å². The first-order valence-corrected chi connectivity index (χ1v) is 12.0. The number of hydrogen-bond acceptors (Lipinski definition) is 5. The fraction of sp³-hybridized carbons (Fsp3) is 0.500. The van der Waals surface area contributed by atoms with Crippen molar-refractivity contribution in [3.05, 3.63) is 44.1 Å². The maximum atomic E-state index is 13.1. The summed E-state index contributed by atoms with van der Waals surface area (Å²) in [4.78, 5) is 20.4. The molecule has 3 nitrogen and oxygen atoms in total. The first-order valence-electron chi connectivity index (χ1n) is 10.3. The Kier molecular flexibility index (Phi) is 4.90. The first-order chi connectivity index (χ1) is 13.5. The lowest BCUT2D eigenvalue weighted by atomic mass is 9.68. The van der Waals surface area contributed by atoms with Crippen LogP contribution in [-0.2, 0) is 18.3 Å². The van der Waals surface area contributed by atoms with Crippen LogP contribution < -0.4 is 5.73 Å². The molecule has 0 saturated carbocycles. The van der Waals surface area contributed by atoms with E-state index in [0.29, 0.717) is 16.5 Å². The molecule has 5 heteroatoms. The van der Waals surface area contributed by atoms with Gasteiger partial charge in [0.05, 0.1) is 10.6 Å². The third-order valence-electron chi connectivity index (χ3n) is 6.17. The molecule has 0 amide bonds. The molecule has 0 bridgehead atoms. The van der Waals surface area contributed by atoms with Gasteiger partial charge in [-0.15, -0.1) is 22.7 Å². The second-order valence-electron chi connectivity index (χ2n) is 10.3. The fourth-order valence-electron chi connectivity index (χ4n) is 4.58. The molecule has 0 saturated heterocycles. The number of aryl methyl sites for hydroxylation is 1. The van der Waals surface area contributed by atoms with E-state index < -0.39 is 0 Å². The van der Waals surface area contributed by atoms with Crippen LogP contribution in [0.2, 0.25) is 0 Å². The van der Waals surface area contributed by atoms with Gasteiger partial charge in [-0.25, -0.2) is 4.98 Å². The van der Waals surface area contributed by atoms with E-state index >= 15 is 0 Å².